The van der Waals surface area contributed by atoms with Crippen LogP contribution in [0.1, 0.15) is 43.9 Å². The molecule has 0 atom stereocenters. The summed E-state index contributed by atoms with van der Waals surface area (Å²) in [6.07, 6.45) is 2.08. The first-order valence-corrected chi connectivity index (χ1v) is 15.2. The van der Waals surface area contributed by atoms with Gasteiger partial charge in [-0.2, -0.15) is 0 Å². The van der Waals surface area contributed by atoms with Crippen molar-refractivity contribution in [1.82, 2.24) is 5.32 Å². The van der Waals surface area contributed by atoms with Crippen LogP contribution in [-0.2, 0) is 14.4 Å². The van der Waals surface area contributed by atoms with Crippen LogP contribution in [0.25, 0.3) is 6.08 Å². The predicted octanol–water partition coefficient (Wildman–Crippen LogP) is 6.23. The number of barbiturate groups is 1. The maximum Gasteiger partial charge on any atom is 0.335 e. The van der Waals surface area contributed by atoms with Crippen molar-refractivity contribution in [2.75, 3.05) is 36.6 Å². The van der Waals surface area contributed by atoms with Crippen LogP contribution in [0.15, 0.2) is 54.1 Å². The van der Waals surface area contributed by atoms with E-state index in [1.165, 1.54) is 30.3 Å². The first kappa shape index (κ1) is 33.9. The lowest BCUT2D eigenvalue weighted by molar-refractivity contribution is -0.122. The van der Waals surface area contributed by atoms with E-state index >= 15 is 0 Å². The summed E-state index contributed by atoms with van der Waals surface area (Å²) >= 11 is 6.55. The number of hydrogen-bond acceptors (Lipinski definition) is 8. The van der Waals surface area contributed by atoms with Crippen LogP contribution in [0.4, 0.5) is 16.2 Å². The van der Waals surface area contributed by atoms with Crippen molar-refractivity contribution in [1.29, 1.82) is 0 Å². The van der Waals surface area contributed by atoms with Gasteiger partial charge in [-0.3, -0.25) is 19.7 Å². The van der Waals surface area contributed by atoms with Gasteiger partial charge in [0.05, 0.1) is 30.5 Å². The fourth-order valence-corrected chi connectivity index (χ4v) is 4.84. The van der Waals surface area contributed by atoms with Gasteiger partial charge in [0.1, 0.15) is 5.57 Å². The number of amides is 5. The standard InChI is InChI=1S/C34H36ClN3O8/c1-6-13-45-27-12-11-23(18-28(27)43-7-2)38-33(41)24(32(40)37-34(38)42)15-22-16-25(35)31(29(17-22)44-8-3)46-19-30(39)36-26-14-20(4)9-10-21(26)5/h9-12,14-18H,6-8,13,19H2,1-5H3,(H,36,39)(H,37,40,42)/b24-15+. The molecule has 12 heteroatoms. The third-order valence-corrected chi connectivity index (χ3v) is 6.99. The van der Waals surface area contributed by atoms with Gasteiger partial charge < -0.3 is 24.3 Å². The molecule has 0 spiro atoms. The Kier molecular flexibility index (Phi) is 11.3. The van der Waals surface area contributed by atoms with E-state index in [0.717, 1.165) is 22.4 Å². The smallest absolute Gasteiger partial charge is 0.335 e. The molecule has 1 fully saturated rings. The molecule has 3 aromatic rings. The maximum absolute atomic E-state index is 13.6. The van der Waals surface area contributed by atoms with E-state index in [1.807, 2.05) is 39.0 Å². The lowest BCUT2D eigenvalue weighted by Crippen LogP contribution is -2.54. The van der Waals surface area contributed by atoms with Gasteiger partial charge in [0, 0.05) is 11.8 Å². The van der Waals surface area contributed by atoms with E-state index in [2.05, 4.69) is 10.6 Å². The van der Waals surface area contributed by atoms with Crippen LogP contribution in [0.5, 0.6) is 23.0 Å². The first-order valence-electron chi connectivity index (χ1n) is 14.8. The summed E-state index contributed by atoms with van der Waals surface area (Å²) in [5, 5.41) is 5.11. The highest BCUT2D eigenvalue weighted by Crippen LogP contribution is 2.38. The van der Waals surface area contributed by atoms with Gasteiger partial charge in [0.15, 0.2) is 29.6 Å². The summed E-state index contributed by atoms with van der Waals surface area (Å²) in [6, 6.07) is 12.4. The second kappa shape index (κ2) is 15.3. The number of urea groups is 1. The normalized spacial score (nSPS) is 13.8. The van der Waals surface area contributed by atoms with Crippen LogP contribution < -0.4 is 34.5 Å². The third-order valence-electron chi connectivity index (χ3n) is 6.71. The summed E-state index contributed by atoms with van der Waals surface area (Å²) in [6.45, 7) is 10.0. The summed E-state index contributed by atoms with van der Waals surface area (Å²) in [5.74, 6) is -0.998. The second-order valence-electron chi connectivity index (χ2n) is 10.3. The van der Waals surface area contributed by atoms with E-state index in [-0.39, 0.29) is 41.0 Å². The minimum Gasteiger partial charge on any atom is -0.490 e. The van der Waals surface area contributed by atoms with Crippen LogP contribution >= 0.6 is 11.6 Å². The van der Waals surface area contributed by atoms with Crippen molar-refractivity contribution >= 4 is 52.8 Å². The fraction of sp³-hybridized carbons (Fsp3) is 0.294. The molecule has 1 aliphatic rings. The Bertz CT molecular complexity index is 1690. The highest BCUT2D eigenvalue weighted by atomic mass is 35.5. The largest absolute Gasteiger partial charge is 0.490 e. The van der Waals surface area contributed by atoms with Crippen molar-refractivity contribution in [3.63, 3.8) is 0 Å². The average Bonchev–Trinajstić information content (AvgIpc) is 3.00. The number of aryl methyl sites for hydroxylation is 2. The quantitative estimate of drug-likeness (QED) is 0.165. The Hall–Kier alpha value is -5.03. The number of imide groups is 2. The highest BCUT2D eigenvalue weighted by Gasteiger charge is 2.37. The number of hydrogen-bond donors (Lipinski definition) is 2. The molecule has 0 bridgehead atoms. The molecular weight excluding hydrogens is 614 g/mol. The minimum atomic E-state index is -0.909. The Labute approximate surface area is 272 Å². The van der Waals surface area contributed by atoms with Gasteiger partial charge >= 0.3 is 6.03 Å². The van der Waals surface area contributed by atoms with Gasteiger partial charge in [-0.1, -0.05) is 30.7 Å². The fourth-order valence-electron chi connectivity index (χ4n) is 4.56. The second-order valence-corrected chi connectivity index (χ2v) is 10.7. The molecule has 242 valence electrons. The Morgan fingerprint density at radius 3 is 2.35 bits per heavy atom. The molecule has 46 heavy (non-hydrogen) atoms. The minimum absolute atomic E-state index is 0.0814. The molecule has 0 radical (unpaired) electrons. The first-order chi connectivity index (χ1) is 22.1. The molecule has 3 aromatic carbocycles. The van der Waals surface area contributed by atoms with Crippen LogP contribution in [0.2, 0.25) is 5.02 Å². The van der Waals surface area contributed by atoms with E-state index in [9.17, 15) is 19.2 Å². The molecule has 1 heterocycles. The Morgan fingerprint density at radius 2 is 1.63 bits per heavy atom. The number of carbonyl (C=O) groups excluding carboxylic acids is 4. The number of nitrogens with one attached hydrogen (secondary N) is 2. The molecule has 0 aromatic heterocycles. The average molecular weight is 650 g/mol. The summed E-state index contributed by atoms with van der Waals surface area (Å²) in [5.41, 5.74) is 2.76. The van der Waals surface area contributed by atoms with Crippen molar-refractivity contribution in [2.45, 2.75) is 41.0 Å². The molecule has 1 aliphatic heterocycles. The van der Waals surface area contributed by atoms with Gasteiger partial charge in [-0.15, -0.1) is 0 Å². The zero-order valence-electron chi connectivity index (χ0n) is 26.3. The number of halogens is 1. The topological polar surface area (TPSA) is 132 Å². The predicted molar refractivity (Wildman–Crippen MR) is 175 cm³/mol. The Morgan fingerprint density at radius 1 is 0.891 bits per heavy atom. The van der Waals surface area contributed by atoms with Gasteiger partial charge in [-0.05, 0) is 87.2 Å². The molecule has 0 saturated carbocycles. The summed E-state index contributed by atoms with van der Waals surface area (Å²) < 4.78 is 22.9. The van der Waals surface area contributed by atoms with Gasteiger partial charge in [0.2, 0.25) is 0 Å². The van der Waals surface area contributed by atoms with Crippen molar-refractivity contribution in [3.05, 3.63) is 75.8 Å². The summed E-state index contributed by atoms with van der Waals surface area (Å²) in [4.78, 5) is 52.8. The molecule has 1 saturated heterocycles. The Balaban J connectivity index is 1.59. The van der Waals surface area contributed by atoms with E-state index in [0.29, 0.717) is 36.0 Å². The van der Waals surface area contributed by atoms with Gasteiger partial charge in [-0.25, -0.2) is 9.69 Å². The molecule has 11 nitrogen and oxygen atoms in total. The van der Waals surface area contributed by atoms with Crippen LogP contribution in [-0.4, -0.2) is 50.2 Å². The van der Waals surface area contributed by atoms with Crippen molar-refractivity contribution < 1.29 is 38.1 Å². The zero-order valence-corrected chi connectivity index (χ0v) is 27.1. The van der Waals surface area contributed by atoms with E-state index in [4.69, 9.17) is 30.5 Å². The maximum atomic E-state index is 13.6. The number of anilines is 2. The molecule has 4 rings (SSSR count). The number of nitrogens with zero attached hydrogens (tertiary/aromatic N) is 1. The van der Waals surface area contributed by atoms with Crippen molar-refractivity contribution in [2.24, 2.45) is 0 Å². The SMILES string of the molecule is CCCOc1ccc(N2C(=O)NC(=O)/C(=C\c3cc(Cl)c(OCC(=O)Nc4cc(C)ccc4C)c(OCC)c3)C2=O)cc1OCC. The van der Waals surface area contributed by atoms with Crippen molar-refractivity contribution in [3.8, 4) is 23.0 Å². The lowest BCUT2D eigenvalue weighted by Gasteiger charge is -2.27. The number of carbonyl (C=O) groups is 4. The van der Waals surface area contributed by atoms with Gasteiger partial charge in [0.25, 0.3) is 17.7 Å². The van der Waals surface area contributed by atoms with E-state index < -0.39 is 23.8 Å². The van der Waals surface area contributed by atoms with E-state index in [1.54, 1.807) is 19.9 Å². The summed E-state index contributed by atoms with van der Waals surface area (Å²) in [7, 11) is 0. The number of benzene rings is 3. The molecule has 0 unspecified atom stereocenters. The van der Waals surface area contributed by atoms with Crippen LogP contribution in [0.3, 0.4) is 0 Å². The third kappa shape index (κ3) is 7.97. The lowest BCUT2D eigenvalue weighted by atomic mass is 10.1. The molecule has 5 amide bonds. The monoisotopic (exact) mass is 649 g/mol. The molecule has 0 aliphatic carbocycles. The number of rotatable bonds is 13. The molecule has 2 N–H and O–H groups in total. The van der Waals surface area contributed by atoms with Crippen LogP contribution in [0, 0.1) is 13.8 Å². The highest BCUT2D eigenvalue weighted by molar-refractivity contribution is 6.39. The zero-order chi connectivity index (χ0) is 33.4. The molecular formula is C34H36ClN3O8. The number of ether oxygens (including phenoxy) is 4.